The van der Waals surface area contributed by atoms with Crippen LogP contribution >= 0.6 is 15.9 Å². The van der Waals surface area contributed by atoms with Crippen LogP contribution in [0.25, 0.3) is 0 Å². The predicted octanol–water partition coefficient (Wildman–Crippen LogP) is 1.07. The van der Waals surface area contributed by atoms with Crippen LogP contribution in [0.3, 0.4) is 0 Å². The molecule has 0 N–H and O–H groups in total. The van der Waals surface area contributed by atoms with E-state index in [1.165, 1.54) is 7.05 Å². The fourth-order valence-electron chi connectivity index (χ4n) is 0.994. The van der Waals surface area contributed by atoms with Crippen LogP contribution in [0.2, 0.25) is 0 Å². The van der Waals surface area contributed by atoms with Gasteiger partial charge in [-0.15, -0.1) is 0 Å². The van der Waals surface area contributed by atoms with E-state index in [1.54, 1.807) is 0 Å². The summed E-state index contributed by atoms with van der Waals surface area (Å²) in [4.78, 5) is 22.4. The molecule has 0 radical (unpaired) electrons. The summed E-state index contributed by atoms with van der Waals surface area (Å²) >= 11 is 2.88. The highest BCUT2D eigenvalue weighted by atomic mass is 79.9. The molecule has 4 nitrogen and oxygen atoms in total. The molecule has 0 aliphatic heterocycles. The Morgan fingerprint density at radius 1 is 1.64 bits per heavy atom. The Labute approximate surface area is 87.4 Å². The standard InChI is InChI=1S/C8H7BrFNO3/c1-11-6(8(13)14-2)5(10)3-4(9)7(11)12/h3H,1-2H3. The normalized spacial score (nSPS) is 10.0. The van der Waals surface area contributed by atoms with Gasteiger partial charge in [0.25, 0.3) is 5.56 Å². The van der Waals surface area contributed by atoms with Gasteiger partial charge in [-0.25, -0.2) is 9.18 Å². The minimum absolute atomic E-state index is 0.0603. The number of pyridine rings is 1. The highest BCUT2D eigenvalue weighted by Crippen LogP contribution is 2.11. The van der Waals surface area contributed by atoms with Crippen molar-refractivity contribution in [2.75, 3.05) is 7.11 Å². The highest BCUT2D eigenvalue weighted by Gasteiger charge is 2.18. The molecule has 0 unspecified atom stereocenters. The fraction of sp³-hybridized carbons (Fsp3) is 0.250. The highest BCUT2D eigenvalue weighted by molar-refractivity contribution is 9.10. The van der Waals surface area contributed by atoms with Crippen LogP contribution in [0.15, 0.2) is 15.3 Å². The lowest BCUT2D eigenvalue weighted by molar-refractivity contribution is 0.0582. The smallest absolute Gasteiger partial charge is 0.357 e. The van der Waals surface area contributed by atoms with Crippen molar-refractivity contribution in [3.05, 3.63) is 32.4 Å². The minimum Gasteiger partial charge on any atom is -0.464 e. The van der Waals surface area contributed by atoms with Crippen LogP contribution in [0, 0.1) is 5.82 Å². The Kier molecular flexibility index (Phi) is 3.05. The molecule has 0 bridgehead atoms. The van der Waals surface area contributed by atoms with Crippen molar-refractivity contribution in [1.82, 2.24) is 4.57 Å². The summed E-state index contributed by atoms with van der Waals surface area (Å²) in [6.07, 6.45) is 0. The first-order chi connectivity index (χ1) is 6.49. The van der Waals surface area contributed by atoms with Gasteiger partial charge in [-0.2, -0.15) is 0 Å². The molecule has 6 heteroatoms. The third-order valence-electron chi connectivity index (χ3n) is 1.70. The largest absolute Gasteiger partial charge is 0.464 e. The average Bonchev–Trinajstić information content (AvgIpc) is 2.14. The van der Waals surface area contributed by atoms with Crippen molar-refractivity contribution in [3.8, 4) is 0 Å². The van der Waals surface area contributed by atoms with Crippen molar-refractivity contribution in [3.63, 3.8) is 0 Å². The third-order valence-corrected chi connectivity index (χ3v) is 2.27. The first-order valence-electron chi connectivity index (χ1n) is 3.62. The van der Waals surface area contributed by atoms with Crippen molar-refractivity contribution >= 4 is 21.9 Å². The van der Waals surface area contributed by atoms with Gasteiger partial charge in [0.2, 0.25) is 0 Å². The Bertz CT molecular complexity index is 441. The average molecular weight is 264 g/mol. The summed E-state index contributed by atoms with van der Waals surface area (Å²) in [5.41, 5.74) is -0.882. The van der Waals surface area contributed by atoms with E-state index >= 15 is 0 Å². The molecule has 0 saturated carbocycles. The summed E-state index contributed by atoms with van der Waals surface area (Å²) in [6.45, 7) is 0. The van der Waals surface area contributed by atoms with E-state index in [1.807, 2.05) is 0 Å². The van der Waals surface area contributed by atoms with Crippen LogP contribution in [0.1, 0.15) is 10.5 Å². The van der Waals surface area contributed by atoms with E-state index in [0.717, 1.165) is 17.7 Å². The summed E-state index contributed by atoms with van der Waals surface area (Å²) in [5.74, 6) is -1.68. The second-order valence-corrected chi connectivity index (χ2v) is 3.40. The molecule has 0 amide bonds. The summed E-state index contributed by atoms with van der Waals surface area (Å²) in [5, 5.41) is 0. The molecule has 14 heavy (non-hydrogen) atoms. The maximum Gasteiger partial charge on any atom is 0.357 e. The Balaban J connectivity index is 3.52. The van der Waals surface area contributed by atoms with Crippen LogP contribution < -0.4 is 5.56 Å². The molecule has 0 spiro atoms. The van der Waals surface area contributed by atoms with Gasteiger partial charge in [-0.3, -0.25) is 4.79 Å². The number of carbonyl (C=O) groups excluding carboxylic acids is 1. The fourth-order valence-corrected chi connectivity index (χ4v) is 1.46. The molecule has 1 heterocycles. The molecule has 0 aliphatic rings. The summed E-state index contributed by atoms with van der Waals surface area (Å²) in [7, 11) is 2.41. The van der Waals surface area contributed by atoms with Gasteiger partial charge in [0.15, 0.2) is 11.5 Å². The van der Waals surface area contributed by atoms with Gasteiger partial charge < -0.3 is 9.30 Å². The Morgan fingerprint density at radius 3 is 2.71 bits per heavy atom. The second kappa shape index (κ2) is 3.91. The van der Waals surface area contributed by atoms with Gasteiger partial charge in [0, 0.05) is 7.05 Å². The number of aromatic nitrogens is 1. The lowest BCUT2D eigenvalue weighted by Crippen LogP contribution is -2.26. The number of methoxy groups -OCH3 is 1. The summed E-state index contributed by atoms with van der Waals surface area (Å²) < 4.78 is 18.5. The number of ether oxygens (including phenoxy) is 1. The number of hydrogen-bond donors (Lipinski definition) is 0. The maximum atomic E-state index is 13.2. The molecule has 0 atom stereocenters. The van der Waals surface area contributed by atoms with Gasteiger partial charge in [-0.05, 0) is 22.0 Å². The van der Waals surface area contributed by atoms with E-state index in [9.17, 15) is 14.0 Å². The molecule has 0 aromatic carbocycles. The van der Waals surface area contributed by atoms with Crippen LogP contribution in [0.4, 0.5) is 4.39 Å². The zero-order valence-corrected chi connectivity index (χ0v) is 9.09. The van der Waals surface area contributed by atoms with Crippen LogP contribution in [-0.4, -0.2) is 17.6 Å². The number of hydrogen-bond acceptors (Lipinski definition) is 3. The molecule has 1 rings (SSSR count). The van der Waals surface area contributed by atoms with Crippen molar-refractivity contribution < 1.29 is 13.9 Å². The zero-order valence-electron chi connectivity index (χ0n) is 7.51. The molecule has 0 fully saturated rings. The van der Waals surface area contributed by atoms with Gasteiger partial charge >= 0.3 is 5.97 Å². The number of rotatable bonds is 1. The number of esters is 1. The topological polar surface area (TPSA) is 48.3 Å². The van der Waals surface area contributed by atoms with E-state index in [4.69, 9.17) is 0 Å². The van der Waals surface area contributed by atoms with Crippen molar-refractivity contribution in [2.24, 2.45) is 7.05 Å². The zero-order chi connectivity index (χ0) is 10.9. The molecular formula is C8H7BrFNO3. The SMILES string of the molecule is COC(=O)c1c(F)cc(Br)c(=O)n1C. The quantitative estimate of drug-likeness (QED) is 0.713. The van der Waals surface area contributed by atoms with Crippen LogP contribution in [-0.2, 0) is 11.8 Å². The van der Waals surface area contributed by atoms with Crippen molar-refractivity contribution in [1.29, 1.82) is 0 Å². The Hall–Kier alpha value is -1.17. The molecule has 76 valence electrons. The van der Waals surface area contributed by atoms with E-state index in [-0.39, 0.29) is 10.2 Å². The van der Waals surface area contributed by atoms with Gasteiger partial charge in [-0.1, -0.05) is 0 Å². The van der Waals surface area contributed by atoms with Gasteiger partial charge in [0.05, 0.1) is 11.6 Å². The third kappa shape index (κ3) is 1.70. The van der Waals surface area contributed by atoms with E-state index < -0.39 is 17.3 Å². The van der Waals surface area contributed by atoms with Crippen molar-refractivity contribution in [2.45, 2.75) is 0 Å². The number of carbonyl (C=O) groups is 1. The predicted molar refractivity (Wildman–Crippen MR) is 50.7 cm³/mol. The van der Waals surface area contributed by atoms with E-state index in [0.29, 0.717) is 0 Å². The lowest BCUT2D eigenvalue weighted by atomic mass is 10.3. The first-order valence-corrected chi connectivity index (χ1v) is 4.41. The Morgan fingerprint density at radius 2 is 2.21 bits per heavy atom. The molecular weight excluding hydrogens is 257 g/mol. The lowest BCUT2D eigenvalue weighted by Gasteiger charge is -2.07. The molecule has 0 saturated heterocycles. The number of nitrogens with zero attached hydrogens (tertiary/aromatic N) is 1. The number of halogens is 2. The minimum atomic E-state index is -0.880. The first kappa shape index (κ1) is 10.9. The van der Waals surface area contributed by atoms with E-state index in [2.05, 4.69) is 20.7 Å². The molecule has 1 aromatic heterocycles. The second-order valence-electron chi connectivity index (χ2n) is 2.54. The van der Waals surface area contributed by atoms with Crippen LogP contribution in [0.5, 0.6) is 0 Å². The monoisotopic (exact) mass is 263 g/mol. The maximum absolute atomic E-state index is 13.2. The molecule has 1 aromatic rings. The molecule has 0 aliphatic carbocycles. The summed E-state index contributed by atoms with van der Waals surface area (Å²) in [6, 6.07) is 0.939. The van der Waals surface area contributed by atoms with Gasteiger partial charge in [0.1, 0.15) is 0 Å².